The minimum absolute atomic E-state index is 0. The molecule has 0 aliphatic heterocycles. The van der Waals surface area contributed by atoms with Crippen molar-refractivity contribution in [2.24, 2.45) is 14.1 Å². The fourth-order valence-electron chi connectivity index (χ4n) is 7.95. The minimum Gasteiger partial charge on any atom is -0.361 e. The van der Waals surface area contributed by atoms with Crippen LogP contribution in [0.2, 0.25) is 25.7 Å². The number of carbonyl (C=O) groups is 2. The van der Waals surface area contributed by atoms with Crippen molar-refractivity contribution in [3.05, 3.63) is 144 Å². The lowest BCUT2D eigenvalue weighted by atomic mass is 10.1. The minimum atomic E-state index is -1.25. The number of aromatic amines is 1. The summed E-state index contributed by atoms with van der Waals surface area (Å²) in [6.07, 6.45) is 9.91. The van der Waals surface area contributed by atoms with Crippen molar-refractivity contribution in [2.75, 3.05) is 6.61 Å². The summed E-state index contributed by atoms with van der Waals surface area (Å²) in [4.78, 5) is 56.6. The van der Waals surface area contributed by atoms with Crippen LogP contribution in [0.3, 0.4) is 0 Å². The number of amides is 2. The molecule has 21 heteroatoms. The average molecular weight is 998 g/mol. The van der Waals surface area contributed by atoms with Crippen molar-refractivity contribution in [3.63, 3.8) is 0 Å². The number of benzene rings is 2. The Kier molecular flexibility index (Phi) is 14.4. The highest BCUT2D eigenvalue weighted by Gasteiger charge is 2.24. The molecular formula is C50H51ClF2N14O3Si. The molecule has 0 saturated heterocycles. The van der Waals surface area contributed by atoms with Crippen LogP contribution in [-0.2, 0) is 25.6 Å². The van der Waals surface area contributed by atoms with Crippen molar-refractivity contribution >= 4 is 76.4 Å². The van der Waals surface area contributed by atoms with E-state index in [0.29, 0.717) is 73.9 Å². The third-order valence-corrected chi connectivity index (χ3v) is 13.4. The Bertz CT molecular complexity index is 3540. The van der Waals surface area contributed by atoms with Gasteiger partial charge in [-0.1, -0.05) is 31.8 Å². The lowest BCUT2D eigenvalue weighted by Crippen LogP contribution is -2.27. The first kappa shape index (κ1) is 49.6. The van der Waals surface area contributed by atoms with Gasteiger partial charge in [0.05, 0.1) is 58.0 Å². The van der Waals surface area contributed by atoms with E-state index in [-0.39, 0.29) is 54.7 Å². The second-order valence-corrected chi connectivity index (χ2v) is 23.7. The molecule has 0 fully saturated rings. The molecule has 2 aromatic carbocycles. The smallest absolute Gasteiger partial charge is 0.255 e. The Labute approximate surface area is 413 Å². The number of hydrogen-bond donors (Lipinski definition) is 3. The third-order valence-electron chi connectivity index (χ3n) is 11.7. The van der Waals surface area contributed by atoms with Crippen LogP contribution >= 0.6 is 12.4 Å². The molecule has 71 heavy (non-hydrogen) atoms. The van der Waals surface area contributed by atoms with Gasteiger partial charge < -0.3 is 24.9 Å². The Morgan fingerprint density at radius 2 is 1.25 bits per heavy atom. The number of rotatable bonds is 13. The number of hydrogen-bond acceptors (Lipinski definition) is 11. The van der Waals surface area contributed by atoms with E-state index in [0.717, 1.165) is 28.2 Å². The van der Waals surface area contributed by atoms with Crippen LogP contribution < -0.4 is 10.6 Å². The number of aromatic nitrogens is 12. The molecule has 17 nitrogen and oxygen atoms in total. The van der Waals surface area contributed by atoms with E-state index in [1.165, 1.54) is 24.3 Å². The summed E-state index contributed by atoms with van der Waals surface area (Å²) in [5.41, 5.74) is 7.57. The zero-order chi connectivity index (χ0) is 49.3. The van der Waals surface area contributed by atoms with Crippen LogP contribution in [0.5, 0.6) is 0 Å². The van der Waals surface area contributed by atoms with Gasteiger partial charge in [-0.2, -0.15) is 10.2 Å². The lowest BCUT2D eigenvalue weighted by molar-refractivity contribution is 0.0889. The first-order valence-corrected chi connectivity index (χ1v) is 26.3. The SMILES string of the molecule is C[C@@H](NC(=O)c1c[nH]c2ncc(-c3nn(C)c4cc(F)ccc34)nc12)c1ccccn1.C[C@@H](NC(=O)c1cn(COCC[Si](C)(C)C)c2ncc(-c3nn(C)c4cc(F)ccc34)nc12)c1ccccn1.Cl. The molecule has 3 N–H and O–H groups in total. The number of aryl methyl sites for hydroxylation is 2. The summed E-state index contributed by atoms with van der Waals surface area (Å²) in [6.45, 7) is 11.5. The molecule has 0 spiro atoms. The predicted octanol–water partition coefficient (Wildman–Crippen LogP) is 9.28. The molecule has 8 heterocycles. The van der Waals surface area contributed by atoms with Crippen LogP contribution in [0.25, 0.3) is 66.9 Å². The highest BCUT2D eigenvalue weighted by molar-refractivity contribution is 6.76. The summed E-state index contributed by atoms with van der Waals surface area (Å²) < 4.78 is 38.5. The molecule has 10 aromatic rings. The molecule has 0 unspecified atom stereocenters. The number of nitrogens with zero attached hydrogens (tertiary/aromatic N) is 11. The molecule has 2 amide bonds. The summed E-state index contributed by atoms with van der Waals surface area (Å²) in [6, 6.07) is 20.6. The number of pyridine rings is 2. The van der Waals surface area contributed by atoms with Crippen molar-refractivity contribution in [3.8, 4) is 22.8 Å². The number of ether oxygens (including phenoxy) is 1. The van der Waals surface area contributed by atoms with Gasteiger partial charge in [0.15, 0.2) is 11.3 Å². The van der Waals surface area contributed by atoms with Gasteiger partial charge in [0.1, 0.15) is 52.2 Å². The zero-order valence-corrected chi connectivity index (χ0v) is 41.8. The molecule has 0 radical (unpaired) electrons. The van der Waals surface area contributed by atoms with Gasteiger partial charge >= 0.3 is 0 Å². The first-order valence-electron chi connectivity index (χ1n) is 22.6. The molecule has 0 bridgehead atoms. The molecule has 2 atom stereocenters. The Morgan fingerprint density at radius 3 is 1.79 bits per heavy atom. The van der Waals surface area contributed by atoms with Crippen molar-refractivity contribution in [1.82, 2.24) is 69.6 Å². The van der Waals surface area contributed by atoms with E-state index in [1.54, 1.807) is 72.8 Å². The van der Waals surface area contributed by atoms with Gasteiger partial charge in [0.2, 0.25) is 0 Å². The van der Waals surface area contributed by atoms with Gasteiger partial charge in [-0.05, 0) is 80.6 Å². The summed E-state index contributed by atoms with van der Waals surface area (Å²) >= 11 is 0. The molecule has 0 aliphatic carbocycles. The van der Waals surface area contributed by atoms with E-state index in [1.807, 2.05) is 54.8 Å². The molecule has 8 aromatic heterocycles. The number of carbonyl (C=O) groups excluding carboxylic acids is 2. The summed E-state index contributed by atoms with van der Waals surface area (Å²) in [5.74, 6) is -1.26. The number of fused-ring (bicyclic) bond motifs is 4. The van der Waals surface area contributed by atoms with Crippen LogP contribution in [0.15, 0.2) is 110 Å². The first-order chi connectivity index (χ1) is 33.6. The molecular weight excluding hydrogens is 946 g/mol. The largest absolute Gasteiger partial charge is 0.361 e. The fourth-order valence-corrected chi connectivity index (χ4v) is 8.71. The van der Waals surface area contributed by atoms with Crippen LogP contribution in [0, 0.1) is 11.6 Å². The van der Waals surface area contributed by atoms with E-state index in [2.05, 4.69) is 70.4 Å². The number of halogens is 3. The normalized spacial score (nSPS) is 12.4. The number of nitrogens with one attached hydrogen (secondary N) is 3. The second kappa shape index (κ2) is 20.6. The Hall–Kier alpha value is -7.81. The van der Waals surface area contributed by atoms with Crippen LogP contribution in [0.4, 0.5) is 8.78 Å². The van der Waals surface area contributed by atoms with Gasteiger partial charge in [0, 0.05) is 64.3 Å². The van der Waals surface area contributed by atoms with Crippen molar-refractivity contribution < 1.29 is 23.1 Å². The Balaban J connectivity index is 0.000000192. The maximum atomic E-state index is 13.9. The highest BCUT2D eigenvalue weighted by Crippen LogP contribution is 2.31. The predicted molar refractivity (Wildman–Crippen MR) is 272 cm³/mol. The fraction of sp³-hybridized carbons (Fsp3) is 0.240. The van der Waals surface area contributed by atoms with Gasteiger partial charge in [0.25, 0.3) is 11.8 Å². The molecule has 10 rings (SSSR count). The van der Waals surface area contributed by atoms with Gasteiger partial charge in [-0.3, -0.25) is 28.9 Å². The molecule has 364 valence electrons. The van der Waals surface area contributed by atoms with E-state index < -0.39 is 8.07 Å². The van der Waals surface area contributed by atoms with Gasteiger partial charge in [-0.15, -0.1) is 12.4 Å². The summed E-state index contributed by atoms with van der Waals surface area (Å²) in [7, 11) is 2.25. The topological polar surface area (TPSA) is 201 Å². The van der Waals surface area contributed by atoms with E-state index in [9.17, 15) is 18.4 Å². The third kappa shape index (κ3) is 10.7. The number of H-pyrrole nitrogens is 1. The Morgan fingerprint density at radius 1 is 0.718 bits per heavy atom. The van der Waals surface area contributed by atoms with E-state index >= 15 is 0 Å². The second-order valence-electron chi connectivity index (χ2n) is 18.1. The van der Waals surface area contributed by atoms with Crippen molar-refractivity contribution in [1.29, 1.82) is 0 Å². The van der Waals surface area contributed by atoms with E-state index in [4.69, 9.17) is 9.72 Å². The maximum Gasteiger partial charge on any atom is 0.255 e. The van der Waals surface area contributed by atoms with Gasteiger partial charge in [-0.25, -0.2) is 28.7 Å². The molecule has 0 aliphatic rings. The standard InChI is InChI=1S/C28H32FN7O2Si.C22H18FN7O.ClH/c1-18(22-8-6-7-11-30-22)32-28(37)21-16-36(17-38-12-13-39(3,4)5)27-26(21)33-23(15-31-27)25-20-10-9-19(29)14-24(20)35(2)34-25;1-12(16-5-3-4-8-24-16)27-22(31)15-10-25-21-20(15)28-17(11-26-21)19-14-7-6-13(23)9-18(14)30(2)29-19;/h6-11,14-16,18H,12-13,17H2,1-5H3,(H,32,37);3-12H,1-2H3,(H,25,26)(H,27,31);1H/t18-;12-;/m11./s1. The quantitative estimate of drug-likeness (QED) is 0.0734. The van der Waals surface area contributed by atoms with Crippen LogP contribution in [0.1, 0.15) is 58.0 Å². The lowest BCUT2D eigenvalue weighted by Gasteiger charge is -2.15. The maximum absolute atomic E-state index is 13.9. The van der Waals surface area contributed by atoms with Crippen molar-refractivity contribution in [2.45, 2.75) is 58.3 Å². The highest BCUT2D eigenvalue weighted by atomic mass is 35.5. The molecule has 0 saturated carbocycles. The summed E-state index contributed by atoms with van der Waals surface area (Å²) in [5, 5.41) is 16.5. The zero-order valence-electron chi connectivity index (χ0n) is 40.0. The average Bonchev–Trinajstić information content (AvgIpc) is 4.12. The van der Waals surface area contributed by atoms with Crippen LogP contribution in [-0.4, -0.2) is 85.5 Å². The monoisotopic (exact) mass is 996 g/mol.